The summed E-state index contributed by atoms with van der Waals surface area (Å²) in [6.07, 6.45) is 2.02. The minimum Gasteiger partial charge on any atom is -0.489 e. The van der Waals surface area contributed by atoms with Gasteiger partial charge in [0.25, 0.3) is 0 Å². The lowest BCUT2D eigenvalue weighted by Gasteiger charge is -2.32. The molecule has 0 spiro atoms. The van der Waals surface area contributed by atoms with Gasteiger partial charge in [0.1, 0.15) is 11.9 Å². The first-order valence-corrected chi connectivity index (χ1v) is 9.22. The van der Waals surface area contributed by atoms with Crippen LogP contribution in [-0.2, 0) is 4.79 Å². The van der Waals surface area contributed by atoms with Crippen molar-refractivity contribution in [2.45, 2.75) is 31.9 Å². The zero-order valence-corrected chi connectivity index (χ0v) is 18.7. The number of amides is 1. The normalized spacial score (nSPS) is 16.8. The van der Waals surface area contributed by atoms with E-state index in [1.165, 1.54) is 0 Å². The Morgan fingerprint density at radius 1 is 1.30 bits per heavy atom. The lowest BCUT2D eigenvalue weighted by Crippen LogP contribution is -2.51. The Kier molecular flexibility index (Phi) is 11.1. The van der Waals surface area contributed by atoms with E-state index >= 15 is 0 Å². The van der Waals surface area contributed by atoms with Gasteiger partial charge >= 0.3 is 0 Å². The molecule has 1 aromatic rings. The maximum atomic E-state index is 11.5. The summed E-state index contributed by atoms with van der Waals surface area (Å²) in [5.41, 5.74) is 0. The van der Waals surface area contributed by atoms with E-state index in [9.17, 15) is 4.79 Å². The summed E-state index contributed by atoms with van der Waals surface area (Å²) >= 11 is 0. The number of piperidine rings is 1. The first-order chi connectivity index (χ1) is 12.6. The number of hydrogen-bond acceptors (Lipinski definition) is 4. The minimum absolute atomic E-state index is 0. The Morgan fingerprint density at radius 3 is 2.56 bits per heavy atom. The zero-order chi connectivity index (χ0) is 18.8. The van der Waals surface area contributed by atoms with Gasteiger partial charge in [0, 0.05) is 33.2 Å². The molecular weight excluding hydrogens is 457 g/mol. The smallest absolute Gasteiger partial charge is 0.233 e. The lowest BCUT2D eigenvalue weighted by molar-refractivity contribution is -0.122. The summed E-state index contributed by atoms with van der Waals surface area (Å²) in [5.74, 6) is 1.73. The lowest BCUT2D eigenvalue weighted by atomic mass is 10.1. The second kappa shape index (κ2) is 12.8. The number of likely N-dealkylation sites (tertiary alicyclic amines) is 1. The summed E-state index contributed by atoms with van der Waals surface area (Å²) in [5, 5.41) is 9.47. The first-order valence-electron chi connectivity index (χ1n) is 9.22. The van der Waals surface area contributed by atoms with Crippen molar-refractivity contribution in [1.29, 1.82) is 0 Å². The van der Waals surface area contributed by atoms with E-state index in [1.54, 1.807) is 14.1 Å². The molecule has 0 bridgehead atoms. The second-order valence-corrected chi connectivity index (χ2v) is 6.56. The highest BCUT2D eigenvalue weighted by Gasteiger charge is 2.21. The van der Waals surface area contributed by atoms with Crippen molar-refractivity contribution in [3.05, 3.63) is 30.3 Å². The van der Waals surface area contributed by atoms with Crippen LogP contribution in [0.1, 0.15) is 19.8 Å². The molecule has 1 heterocycles. The molecule has 1 unspecified atom stereocenters. The van der Waals surface area contributed by atoms with E-state index in [0.29, 0.717) is 19.1 Å². The van der Waals surface area contributed by atoms with Crippen LogP contribution in [0.25, 0.3) is 0 Å². The van der Waals surface area contributed by atoms with E-state index in [2.05, 4.69) is 25.8 Å². The standard InChI is InChI=1S/C19H31N5O2.HI/c1-15(26-17-7-5-4-6-8-17)13-22-19(21-3)23-16-9-11-24(12-10-16)14-18(25)20-2;/h4-8,15-16H,9-14H2,1-3H3,(H,20,25)(H2,21,22,23);1H. The monoisotopic (exact) mass is 489 g/mol. The number of likely N-dealkylation sites (N-methyl/N-ethyl adjacent to an activating group) is 1. The molecule has 1 saturated heterocycles. The second-order valence-electron chi connectivity index (χ2n) is 6.56. The zero-order valence-electron chi connectivity index (χ0n) is 16.4. The van der Waals surface area contributed by atoms with Crippen molar-refractivity contribution >= 4 is 35.8 Å². The number of benzene rings is 1. The molecule has 1 aliphatic heterocycles. The number of guanidine groups is 1. The van der Waals surface area contributed by atoms with Gasteiger partial charge in [0.15, 0.2) is 5.96 Å². The molecule has 152 valence electrons. The van der Waals surface area contributed by atoms with Gasteiger partial charge < -0.3 is 20.7 Å². The predicted molar refractivity (Wildman–Crippen MR) is 120 cm³/mol. The van der Waals surface area contributed by atoms with Crippen LogP contribution < -0.4 is 20.7 Å². The summed E-state index contributed by atoms with van der Waals surface area (Å²) in [4.78, 5) is 17.9. The van der Waals surface area contributed by atoms with Crippen LogP contribution in [0.5, 0.6) is 5.75 Å². The quantitative estimate of drug-likeness (QED) is 0.307. The van der Waals surface area contributed by atoms with E-state index in [4.69, 9.17) is 4.74 Å². The number of nitrogens with zero attached hydrogens (tertiary/aromatic N) is 2. The molecule has 0 aromatic heterocycles. The van der Waals surface area contributed by atoms with Crippen LogP contribution in [0.2, 0.25) is 0 Å². The van der Waals surface area contributed by atoms with Crippen molar-refractivity contribution in [3.8, 4) is 5.75 Å². The van der Waals surface area contributed by atoms with Gasteiger partial charge in [-0.1, -0.05) is 18.2 Å². The largest absolute Gasteiger partial charge is 0.489 e. The van der Waals surface area contributed by atoms with Crippen molar-refractivity contribution in [2.24, 2.45) is 4.99 Å². The summed E-state index contributed by atoms with van der Waals surface area (Å²) in [6, 6.07) is 10.2. The van der Waals surface area contributed by atoms with Crippen LogP contribution in [0.15, 0.2) is 35.3 Å². The Hall–Kier alpha value is -1.55. The maximum absolute atomic E-state index is 11.5. The molecule has 2 rings (SSSR count). The Bertz CT molecular complexity index is 577. The maximum Gasteiger partial charge on any atom is 0.233 e. The van der Waals surface area contributed by atoms with E-state index in [0.717, 1.165) is 37.6 Å². The third-order valence-electron chi connectivity index (χ3n) is 4.44. The minimum atomic E-state index is 0. The fraction of sp³-hybridized carbons (Fsp3) is 0.579. The highest BCUT2D eigenvalue weighted by atomic mass is 127. The van der Waals surface area contributed by atoms with Crippen molar-refractivity contribution < 1.29 is 9.53 Å². The highest BCUT2D eigenvalue weighted by molar-refractivity contribution is 14.0. The van der Waals surface area contributed by atoms with Gasteiger partial charge in [-0.25, -0.2) is 0 Å². The molecule has 7 nitrogen and oxygen atoms in total. The molecule has 1 aliphatic rings. The first kappa shape index (κ1) is 23.5. The Morgan fingerprint density at radius 2 is 1.96 bits per heavy atom. The number of nitrogens with one attached hydrogen (secondary N) is 3. The molecule has 27 heavy (non-hydrogen) atoms. The van der Waals surface area contributed by atoms with Crippen LogP contribution >= 0.6 is 24.0 Å². The number of halogens is 1. The third kappa shape index (κ3) is 8.79. The number of carbonyl (C=O) groups excluding carboxylic acids is 1. The van der Waals surface area contributed by atoms with Crippen LogP contribution in [0, 0.1) is 0 Å². The van der Waals surface area contributed by atoms with Crippen LogP contribution in [-0.4, -0.2) is 69.2 Å². The van der Waals surface area contributed by atoms with Gasteiger partial charge in [0.05, 0.1) is 13.1 Å². The van der Waals surface area contributed by atoms with Gasteiger partial charge in [-0.15, -0.1) is 24.0 Å². The number of para-hydroxylation sites is 1. The molecule has 0 aliphatic carbocycles. The van der Waals surface area contributed by atoms with E-state index in [1.807, 2.05) is 37.3 Å². The van der Waals surface area contributed by atoms with Gasteiger partial charge in [-0.3, -0.25) is 14.7 Å². The Balaban J connectivity index is 0.00000364. The topological polar surface area (TPSA) is 78.0 Å². The van der Waals surface area contributed by atoms with E-state index < -0.39 is 0 Å². The number of ether oxygens (including phenoxy) is 1. The third-order valence-corrected chi connectivity index (χ3v) is 4.44. The Labute approximate surface area is 179 Å². The molecule has 0 radical (unpaired) electrons. The SMILES string of the molecule is CN=C(NCC(C)Oc1ccccc1)NC1CCN(CC(=O)NC)CC1.I. The highest BCUT2D eigenvalue weighted by Crippen LogP contribution is 2.11. The molecule has 1 aromatic carbocycles. The molecule has 1 atom stereocenters. The fourth-order valence-electron chi connectivity index (χ4n) is 2.92. The number of carbonyl (C=O) groups is 1. The van der Waals surface area contributed by atoms with Crippen molar-refractivity contribution in [3.63, 3.8) is 0 Å². The summed E-state index contributed by atoms with van der Waals surface area (Å²) in [6.45, 7) is 5.00. The molecule has 3 N–H and O–H groups in total. The molecule has 8 heteroatoms. The predicted octanol–water partition coefficient (Wildman–Crippen LogP) is 1.45. The molecule has 1 fully saturated rings. The number of hydrogen-bond donors (Lipinski definition) is 3. The van der Waals surface area contributed by atoms with Crippen molar-refractivity contribution in [1.82, 2.24) is 20.9 Å². The van der Waals surface area contributed by atoms with Crippen molar-refractivity contribution in [2.75, 3.05) is 40.3 Å². The summed E-state index contributed by atoms with van der Waals surface area (Å²) < 4.78 is 5.87. The van der Waals surface area contributed by atoms with Gasteiger partial charge in [0.2, 0.25) is 5.91 Å². The molecular formula is C19H32IN5O2. The van der Waals surface area contributed by atoms with Crippen LogP contribution in [0.4, 0.5) is 0 Å². The van der Waals surface area contributed by atoms with Crippen LogP contribution in [0.3, 0.4) is 0 Å². The summed E-state index contributed by atoms with van der Waals surface area (Å²) in [7, 11) is 3.45. The molecule has 0 saturated carbocycles. The van der Waals surface area contributed by atoms with Gasteiger partial charge in [-0.2, -0.15) is 0 Å². The fourth-order valence-corrected chi connectivity index (χ4v) is 2.92. The average molecular weight is 489 g/mol. The molecule has 1 amide bonds. The number of rotatable bonds is 7. The average Bonchev–Trinajstić information content (AvgIpc) is 2.67. The number of aliphatic imine (C=N–C) groups is 1. The van der Waals surface area contributed by atoms with Gasteiger partial charge in [-0.05, 0) is 31.9 Å². The van der Waals surface area contributed by atoms with E-state index in [-0.39, 0.29) is 36.0 Å².